The Morgan fingerprint density at radius 3 is 2.39 bits per heavy atom. The van der Waals surface area contributed by atoms with Crippen molar-refractivity contribution in [2.75, 3.05) is 13.1 Å². The fourth-order valence-electron chi connectivity index (χ4n) is 1.64. The van der Waals surface area contributed by atoms with E-state index < -0.39 is 17.7 Å². The molecule has 0 fully saturated rings. The van der Waals surface area contributed by atoms with Gasteiger partial charge in [0.25, 0.3) is 0 Å². The van der Waals surface area contributed by atoms with Crippen LogP contribution in [0.25, 0.3) is 0 Å². The molecule has 3 N–H and O–H groups in total. The second kappa shape index (κ2) is 7.41. The van der Waals surface area contributed by atoms with Gasteiger partial charge in [0.15, 0.2) is 0 Å². The van der Waals surface area contributed by atoms with E-state index in [1.807, 2.05) is 6.92 Å². The molecule has 3 nitrogen and oxygen atoms in total. The Morgan fingerprint density at radius 1 is 1.22 bits per heavy atom. The Balaban J connectivity index is 2.43. The number of hydrogen-bond donors (Lipinski definition) is 3. The summed E-state index contributed by atoms with van der Waals surface area (Å²) in [5.74, 6) is -1.50. The van der Waals surface area contributed by atoms with Crippen LogP contribution < -0.4 is 5.32 Å². The molecular weight excluding hydrogens is 240 g/mol. The molecule has 18 heavy (non-hydrogen) atoms. The molecule has 0 aliphatic rings. The first kappa shape index (κ1) is 15.0. The van der Waals surface area contributed by atoms with Gasteiger partial charge >= 0.3 is 0 Å². The molecule has 0 radical (unpaired) electrons. The summed E-state index contributed by atoms with van der Waals surface area (Å²) in [6.45, 7) is 2.41. The van der Waals surface area contributed by atoms with Crippen LogP contribution >= 0.6 is 0 Å². The lowest BCUT2D eigenvalue weighted by molar-refractivity contribution is 0.146. The number of aliphatic hydroxyl groups is 2. The average Bonchev–Trinajstić information content (AvgIpc) is 2.34. The summed E-state index contributed by atoms with van der Waals surface area (Å²) in [6.07, 6.45) is -0.417. The van der Waals surface area contributed by atoms with Gasteiger partial charge in [-0.3, -0.25) is 0 Å². The molecule has 2 unspecified atom stereocenters. The zero-order chi connectivity index (χ0) is 13.5. The molecule has 1 aromatic rings. The molecule has 0 aliphatic heterocycles. The van der Waals surface area contributed by atoms with E-state index in [1.165, 1.54) is 6.07 Å². The molecule has 102 valence electrons. The van der Waals surface area contributed by atoms with Gasteiger partial charge in [-0.15, -0.1) is 0 Å². The highest BCUT2D eigenvalue weighted by Crippen LogP contribution is 2.19. The lowest BCUT2D eigenvalue weighted by atomic mass is 10.1. The fourth-order valence-corrected chi connectivity index (χ4v) is 1.64. The number of hydrogen-bond acceptors (Lipinski definition) is 3. The molecule has 0 heterocycles. The van der Waals surface area contributed by atoms with Crippen molar-refractivity contribution in [3.05, 3.63) is 35.4 Å². The van der Waals surface area contributed by atoms with Crippen LogP contribution in [-0.2, 0) is 0 Å². The van der Waals surface area contributed by atoms with Gasteiger partial charge < -0.3 is 15.5 Å². The second-order valence-corrected chi connectivity index (χ2v) is 4.21. The van der Waals surface area contributed by atoms with E-state index in [9.17, 15) is 19.0 Å². The van der Waals surface area contributed by atoms with E-state index in [0.29, 0.717) is 19.4 Å². The Labute approximate surface area is 105 Å². The first-order chi connectivity index (χ1) is 8.56. The standard InChI is InChI=1S/C13H19F2NO2/c1-2-9(17)6-7-16-8-12(18)13-10(14)4-3-5-11(13)15/h3-5,9,12,16-18H,2,6-8H2,1H3. The van der Waals surface area contributed by atoms with Crippen molar-refractivity contribution in [3.8, 4) is 0 Å². The smallest absolute Gasteiger partial charge is 0.131 e. The predicted octanol–water partition coefficient (Wildman–Crippen LogP) is 1.75. The molecule has 0 bridgehead atoms. The van der Waals surface area contributed by atoms with Gasteiger partial charge in [-0.05, 0) is 31.5 Å². The monoisotopic (exact) mass is 259 g/mol. The van der Waals surface area contributed by atoms with Gasteiger partial charge in [0, 0.05) is 6.54 Å². The van der Waals surface area contributed by atoms with Crippen molar-refractivity contribution in [2.45, 2.75) is 32.0 Å². The highest BCUT2D eigenvalue weighted by molar-refractivity contribution is 5.22. The molecule has 0 saturated carbocycles. The summed E-state index contributed by atoms with van der Waals surface area (Å²) in [4.78, 5) is 0. The molecule has 5 heteroatoms. The number of benzene rings is 1. The van der Waals surface area contributed by atoms with Crippen LogP contribution in [0.5, 0.6) is 0 Å². The third kappa shape index (κ3) is 4.33. The van der Waals surface area contributed by atoms with Gasteiger partial charge in [0.1, 0.15) is 11.6 Å². The Hall–Kier alpha value is -1.04. The molecule has 2 atom stereocenters. The van der Waals surface area contributed by atoms with Gasteiger partial charge in [0.05, 0.1) is 17.8 Å². The maximum atomic E-state index is 13.3. The van der Waals surface area contributed by atoms with Gasteiger partial charge in [-0.1, -0.05) is 13.0 Å². The van der Waals surface area contributed by atoms with Crippen molar-refractivity contribution in [1.29, 1.82) is 0 Å². The van der Waals surface area contributed by atoms with Crippen molar-refractivity contribution < 1.29 is 19.0 Å². The summed E-state index contributed by atoms with van der Waals surface area (Å²) in [7, 11) is 0. The third-order valence-electron chi connectivity index (χ3n) is 2.80. The third-order valence-corrected chi connectivity index (χ3v) is 2.80. The number of rotatable bonds is 7. The molecule has 0 spiro atoms. The van der Waals surface area contributed by atoms with E-state index in [1.54, 1.807) is 0 Å². The molecular formula is C13H19F2NO2. The van der Waals surface area contributed by atoms with E-state index in [0.717, 1.165) is 12.1 Å². The van der Waals surface area contributed by atoms with Crippen LogP contribution in [0.2, 0.25) is 0 Å². The zero-order valence-corrected chi connectivity index (χ0v) is 10.4. The van der Waals surface area contributed by atoms with E-state index >= 15 is 0 Å². The lowest BCUT2D eigenvalue weighted by Gasteiger charge is -2.14. The van der Waals surface area contributed by atoms with Gasteiger partial charge in [-0.25, -0.2) is 8.78 Å². The summed E-state index contributed by atoms with van der Waals surface area (Å²) in [5, 5.41) is 21.9. The largest absolute Gasteiger partial charge is 0.393 e. The Bertz CT molecular complexity index is 354. The summed E-state index contributed by atoms with van der Waals surface area (Å²) >= 11 is 0. The molecule has 0 amide bonds. The first-order valence-electron chi connectivity index (χ1n) is 6.07. The molecule has 0 aromatic heterocycles. The average molecular weight is 259 g/mol. The van der Waals surface area contributed by atoms with Crippen molar-refractivity contribution in [3.63, 3.8) is 0 Å². The number of aliphatic hydroxyl groups excluding tert-OH is 2. The minimum atomic E-state index is -1.23. The quantitative estimate of drug-likeness (QED) is 0.654. The minimum Gasteiger partial charge on any atom is -0.393 e. The van der Waals surface area contributed by atoms with Crippen molar-refractivity contribution in [2.24, 2.45) is 0 Å². The van der Waals surface area contributed by atoms with Crippen LogP contribution in [-0.4, -0.2) is 29.4 Å². The van der Waals surface area contributed by atoms with E-state index in [2.05, 4.69) is 5.32 Å². The molecule has 1 rings (SSSR count). The predicted molar refractivity (Wildman–Crippen MR) is 65.1 cm³/mol. The van der Waals surface area contributed by atoms with E-state index in [-0.39, 0.29) is 18.2 Å². The normalized spacial score (nSPS) is 14.5. The topological polar surface area (TPSA) is 52.5 Å². The summed E-state index contributed by atoms with van der Waals surface area (Å²) in [5.41, 5.74) is -0.318. The fraction of sp³-hybridized carbons (Fsp3) is 0.538. The van der Waals surface area contributed by atoms with Gasteiger partial charge in [0.2, 0.25) is 0 Å². The van der Waals surface area contributed by atoms with Gasteiger partial charge in [-0.2, -0.15) is 0 Å². The minimum absolute atomic E-state index is 0.0499. The lowest BCUT2D eigenvalue weighted by Crippen LogP contribution is -2.26. The Kier molecular flexibility index (Phi) is 6.18. The summed E-state index contributed by atoms with van der Waals surface area (Å²) < 4.78 is 26.7. The maximum absolute atomic E-state index is 13.3. The highest BCUT2D eigenvalue weighted by atomic mass is 19.1. The number of nitrogens with one attached hydrogen (secondary N) is 1. The summed E-state index contributed by atoms with van der Waals surface area (Å²) in [6, 6.07) is 3.48. The van der Waals surface area contributed by atoms with Crippen molar-refractivity contribution in [1.82, 2.24) is 5.32 Å². The zero-order valence-electron chi connectivity index (χ0n) is 10.4. The maximum Gasteiger partial charge on any atom is 0.131 e. The highest BCUT2D eigenvalue weighted by Gasteiger charge is 2.17. The van der Waals surface area contributed by atoms with Crippen LogP contribution in [0.1, 0.15) is 31.4 Å². The van der Waals surface area contributed by atoms with Crippen LogP contribution in [0.4, 0.5) is 8.78 Å². The van der Waals surface area contributed by atoms with Crippen LogP contribution in [0.3, 0.4) is 0 Å². The SMILES string of the molecule is CCC(O)CCNCC(O)c1c(F)cccc1F. The molecule has 0 saturated heterocycles. The first-order valence-corrected chi connectivity index (χ1v) is 6.07. The van der Waals surface area contributed by atoms with Crippen molar-refractivity contribution >= 4 is 0 Å². The Morgan fingerprint density at radius 2 is 1.83 bits per heavy atom. The van der Waals surface area contributed by atoms with E-state index in [4.69, 9.17) is 0 Å². The second-order valence-electron chi connectivity index (χ2n) is 4.21. The molecule has 0 aliphatic carbocycles. The number of halogens is 2. The van der Waals surface area contributed by atoms with Crippen LogP contribution in [0.15, 0.2) is 18.2 Å². The van der Waals surface area contributed by atoms with Crippen LogP contribution in [0, 0.1) is 11.6 Å². The molecule has 1 aromatic carbocycles.